The maximum Gasteiger partial charge on any atom is 0.347 e. The predicted octanol–water partition coefficient (Wildman–Crippen LogP) is 4.28. The van der Waals surface area contributed by atoms with Gasteiger partial charge in [0.1, 0.15) is 9.88 Å². The lowest BCUT2D eigenvalue weighted by Crippen LogP contribution is -1.95. The number of aromatic carboxylic acids is 1. The first-order valence-electron chi connectivity index (χ1n) is 7.16. The fourth-order valence-electron chi connectivity index (χ4n) is 2.19. The van der Waals surface area contributed by atoms with E-state index in [9.17, 15) is 10.1 Å². The Bertz CT molecular complexity index is 742. The Morgan fingerprint density at radius 2 is 2.18 bits per heavy atom. The van der Waals surface area contributed by atoms with Crippen LogP contribution in [0.5, 0.6) is 0 Å². The molecule has 0 saturated heterocycles. The van der Waals surface area contributed by atoms with Crippen molar-refractivity contribution in [3.63, 3.8) is 0 Å². The van der Waals surface area contributed by atoms with Crippen molar-refractivity contribution in [3.05, 3.63) is 39.9 Å². The van der Waals surface area contributed by atoms with Gasteiger partial charge < -0.3 is 5.11 Å². The Morgan fingerprint density at radius 3 is 2.73 bits per heavy atom. The number of carboxylic acid groups (broad SMARTS) is 1. The molecular formula is C17H18N2O2S. The molecule has 1 aromatic heterocycles. The van der Waals surface area contributed by atoms with E-state index in [0.29, 0.717) is 22.2 Å². The molecule has 0 aliphatic rings. The summed E-state index contributed by atoms with van der Waals surface area (Å²) in [4.78, 5) is 15.7. The number of aryl methyl sites for hydroxylation is 2. The van der Waals surface area contributed by atoms with Crippen molar-refractivity contribution >= 4 is 17.3 Å². The lowest BCUT2D eigenvalue weighted by Gasteiger charge is -2.07. The summed E-state index contributed by atoms with van der Waals surface area (Å²) >= 11 is 1.14. The van der Waals surface area contributed by atoms with Crippen LogP contribution < -0.4 is 0 Å². The monoisotopic (exact) mass is 314 g/mol. The zero-order valence-corrected chi connectivity index (χ0v) is 13.7. The molecule has 1 heterocycles. The highest BCUT2D eigenvalue weighted by atomic mass is 32.1. The van der Waals surface area contributed by atoms with Crippen LogP contribution in [0.2, 0.25) is 0 Å². The van der Waals surface area contributed by atoms with Gasteiger partial charge in [-0.1, -0.05) is 26.0 Å². The van der Waals surface area contributed by atoms with Gasteiger partial charge >= 0.3 is 5.97 Å². The van der Waals surface area contributed by atoms with Gasteiger partial charge in [-0.25, -0.2) is 9.78 Å². The molecule has 0 unspecified atom stereocenters. The molecule has 0 aliphatic heterocycles. The Labute approximate surface area is 134 Å². The summed E-state index contributed by atoms with van der Waals surface area (Å²) < 4.78 is 0. The van der Waals surface area contributed by atoms with Crippen LogP contribution in [0.1, 0.15) is 46.8 Å². The molecular weight excluding hydrogens is 296 g/mol. The summed E-state index contributed by atoms with van der Waals surface area (Å²) in [6.07, 6.45) is 1.91. The van der Waals surface area contributed by atoms with Gasteiger partial charge in [0.25, 0.3) is 0 Å². The van der Waals surface area contributed by atoms with Crippen LogP contribution in [0, 0.1) is 24.2 Å². The minimum Gasteiger partial charge on any atom is -0.477 e. The number of benzene rings is 1. The van der Waals surface area contributed by atoms with Crippen molar-refractivity contribution in [2.24, 2.45) is 5.92 Å². The third kappa shape index (κ3) is 3.52. The van der Waals surface area contributed by atoms with E-state index < -0.39 is 5.97 Å². The van der Waals surface area contributed by atoms with E-state index in [1.165, 1.54) is 0 Å². The quantitative estimate of drug-likeness (QED) is 0.894. The van der Waals surface area contributed by atoms with Crippen LogP contribution >= 0.6 is 11.3 Å². The van der Waals surface area contributed by atoms with Gasteiger partial charge in [-0.15, -0.1) is 11.3 Å². The molecule has 0 saturated carbocycles. The molecule has 0 fully saturated rings. The molecule has 2 aromatic rings. The Balaban J connectivity index is 2.35. The van der Waals surface area contributed by atoms with Crippen LogP contribution in [0.3, 0.4) is 0 Å². The third-order valence-corrected chi connectivity index (χ3v) is 4.65. The topological polar surface area (TPSA) is 74.0 Å². The molecule has 0 amide bonds. The third-order valence-electron chi connectivity index (χ3n) is 3.46. The fraction of sp³-hybridized carbons (Fsp3) is 0.353. The number of carbonyl (C=O) groups is 1. The lowest BCUT2D eigenvalue weighted by molar-refractivity contribution is 0.0701. The first kappa shape index (κ1) is 16.2. The van der Waals surface area contributed by atoms with Crippen molar-refractivity contribution in [2.45, 2.75) is 33.6 Å². The molecule has 1 aromatic carbocycles. The van der Waals surface area contributed by atoms with E-state index in [2.05, 4.69) is 24.9 Å². The van der Waals surface area contributed by atoms with Crippen LogP contribution in [-0.4, -0.2) is 16.1 Å². The van der Waals surface area contributed by atoms with Crippen molar-refractivity contribution in [3.8, 4) is 16.6 Å². The van der Waals surface area contributed by atoms with Gasteiger partial charge in [-0.05, 0) is 37.3 Å². The smallest absolute Gasteiger partial charge is 0.347 e. The van der Waals surface area contributed by atoms with Crippen LogP contribution in [0.15, 0.2) is 18.2 Å². The second kappa shape index (κ2) is 6.71. The van der Waals surface area contributed by atoms with Gasteiger partial charge in [-0.3, -0.25) is 0 Å². The Kier molecular flexibility index (Phi) is 4.94. The molecule has 0 atom stereocenters. The number of nitriles is 1. The lowest BCUT2D eigenvalue weighted by atomic mass is 9.97. The first-order chi connectivity index (χ1) is 10.4. The highest BCUT2D eigenvalue weighted by molar-refractivity contribution is 7.17. The van der Waals surface area contributed by atoms with Crippen molar-refractivity contribution < 1.29 is 9.90 Å². The van der Waals surface area contributed by atoms with Crippen LogP contribution in [-0.2, 0) is 6.42 Å². The zero-order chi connectivity index (χ0) is 16.3. The zero-order valence-electron chi connectivity index (χ0n) is 12.9. The number of nitrogens with zero attached hydrogens (tertiary/aromatic N) is 2. The molecule has 1 N–H and O–H groups in total. The molecule has 0 aliphatic carbocycles. The predicted molar refractivity (Wildman–Crippen MR) is 87.1 cm³/mol. The fourth-order valence-corrected chi connectivity index (χ4v) is 3.10. The summed E-state index contributed by atoms with van der Waals surface area (Å²) in [5, 5.41) is 19.1. The highest BCUT2D eigenvalue weighted by Gasteiger charge is 2.16. The summed E-state index contributed by atoms with van der Waals surface area (Å²) in [6, 6.07) is 7.91. The summed E-state index contributed by atoms with van der Waals surface area (Å²) in [5.41, 5.74) is 2.98. The molecule has 2 rings (SSSR count). The standard InChI is InChI=1S/C17H18N2O2S/c1-10(2)4-5-12-6-7-13(8-14(12)9-18)16-19-11(3)15(22-16)17(20)21/h6-8,10H,4-5H2,1-3H3,(H,20,21). The number of rotatable bonds is 5. The number of hydrogen-bond donors (Lipinski definition) is 1. The van der Waals surface area contributed by atoms with Gasteiger partial charge in [0.15, 0.2) is 0 Å². The average molecular weight is 314 g/mol. The van der Waals surface area contributed by atoms with Crippen LogP contribution in [0.4, 0.5) is 0 Å². The molecule has 114 valence electrons. The summed E-state index contributed by atoms with van der Waals surface area (Å²) in [6.45, 7) is 6.00. The number of hydrogen-bond acceptors (Lipinski definition) is 4. The van der Waals surface area contributed by atoms with E-state index >= 15 is 0 Å². The average Bonchev–Trinajstić information content (AvgIpc) is 2.87. The Morgan fingerprint density at radius 1 is 1.45 bits per heavy atom. The first-order valence-corrected chi connectivity index (χ1v) is 7.98. The Hall–Kier alpha value is -2.19. The second-order valence-electron chi connectivity index (χ2n) is 5.65. The number of aromatic nitrogens is 1. The molecule has 22 heavy (non-hydrogen) atoms. The minimum absolute atomic E-state index is 0.248. The molecule has 0 bridgehead atoms. The van der Waals surface area contributed by atoms with Gasteiger partial charge in [0.05, 0.1) is 17.3 Å². The van der Waals surface area contributed by atoms with E-state index in [1.807, 2.05) is 12.1 Å². The van der Waals surface area contributed by atoms with Crippen molar-refractivity contribution in [1.29, 1.82) is 5.26 Å². The normalized spacial score (nSPS) is 10.7. The van der Waals surface area contributed by atoms with Crippen molar-refractivity contribution in [1.82, 2.24) is 4.98 Å². The highest BCUT2D eigenvalue weighted by Crippen LogP contribution is 2.29. The maximum absolute atomic E-state index is 11.1. The minimum atomic E-state index is -0.963. The van der Waals surface area contributed by atoms with Crippen LogP contribution in [0.25, 0.3) is 10.6 Å². The molecule has 0 spiro atoms. The summed E-state index contributed by atoms with van der Waals surface area (Å²) in [7, 11) is 0. The molecule has 0 radical (unpaired) electrons. The van der Waals surface area contributed by atoms with Gasteiger partial charge in [0.2, 0.25) is 0 Å². The van der Waals surface area contributed by atoms with E-state index in [-0.39, 0.29) is 4.88 Å². The molecule has 5 heteroatoms. The van der Waals surface area contributed by atoms with E-state index in [0.717, 1.165) is 35.3 Å². The maximum atomic E-state index is 11.1. The van der Waals surface area contributed by atoms with E-state index in [4.69, 9.17) is 5.11 Å². The number of carboxylic acids is 1. The largest absolute Gasteiger partial charge is 0.477 e. The van der Waals surface area contributed by atoms with E-state index in [1.54, 1.807) is 13.0 Å². The molecule has 4 nitrogen and oxygen atoms in total. The summed E-state index contributed by atoms with van der Waals surface area (Å²) in [5.74, 6) is -0.374. The van der Waals surface area contributed by atoms with Gasteiger partial charge in [-0.2, -0.15) is 5.26 Å². The van der Waals surface area contributed by atoms with Crippen molar-refractivity contribution in [2.75, 3.05) is 0 Å². The second-order valence-corrected chi connectivity index (χ2v) is 6.65. The number of thiazole rings is 1. The SMILES string of the molecule is Cc1nc(-c2ccc(CCC(C)C)c(C#N)c2)sc1C(=O)O. The van der Waals surface area contributed by atoms with Gasteiger partial charge in [0, 0.05) is 5.56 Å².